The Bertz CT molecular complexity index is 1280. The van der Waals surface area contributed by atoms with Crippen molar-refractivity contribution in [2.24, 2.45) is 5.73 Å². The molecule has 0 aliphatic heterocycles. The molecule has 0 radical (unpaired) electrons. The van der Waals surface area contributed by atoms with Gasteiger partial charge in [0.2, 0.25) is 5.91 Å². The van der Waals surface area contributed by atoms with Gasteiger partial charge in [0.15, 0.2) is 16.7 Å². The number of rotatable bonds is 10. The zero-order chi connectivity index (χ0) is 26.2. The molecule has 0 saturated heterocycles. The number of nitrogen functional groups attached to an aromatic ring is 1. The SMILES string of the molecule is CCN(CCC(=O)Nc1ccc(C(=O)OC)cc1)c1ncc(C(=O)Oc2ccc(C(=N)N)cc2F)s1. The first-order chi connectivity index (χ1) is 17.2. The summed E-state index contributed by atoms with van der Waals surface area (Å²) >= 11 is 1.06. The molecule has 0 bridgehead atoms. The lowest BCUT2D eigenvalue weighted by atomic mass is 10.2. The molecule has 188 valence electrons. The van der Waals surface area contributed by atoms with Gasteiger partial charge in [0.25, 0.3) is 0 Å². The first-order valence-electron chi connectivity index (χ1n) is 10.8. The number of carbonyl (C=O) groups excluding carboxylic acids is 3. The van der Waals surface area contributed by atoms with Crippen LogP contribution in [0, 0.1) is 11.2 Å². The van der Waals surface area contributed by atoms with Gasteiger partial charge in [-0.15, -0.1) is 0 Å². The second kappa shape index (κ2) is 11.9. The molecule has 0 aliphatic carbocycles. The number of hydrogen-bond donors (Lipinski definition) is 3. The van der Waals surface area contributed by atoms with Crippen LogP contribution in [0.3, 0.4) is 0 Å². The Morgan fingerprint density at radius 1 is 1.14 bits per heavy atom. The molecular weight excluding hydrogens is 489 g/mol. The highest BCUT2D eigenvalue weighted by Crippen LogP contribution is 2.25. The first kappa shape index (κ1) is 26.3. The summed E-state index contributed by atoms with van der Waals surface area (Å²) in [7, 11) is 1.29. The number of amidine groups is 1. The van der Waals surface area contributed by atoms with E-state index in [0.717, 1.165) is 17.4 Å². The largest absolute Gasteiger partial charge is 0.465 e. The summed E-state index contributed by atoms with van der Waals surface area (Å²) < 4.78 is 23.9. The van der Waals surface area contributed by atoms with Crippen LogP contribution in [0.2, 0.25) is 0 Å². The van der Waals surface area contributed by atoms with E-state index < -0.39 is 17.8 Å². The molecule has 1 heterocycles. The molecular formula is C24H24FN5O5S. The van der Waals surface area contributed by atoms with Crippen molar-refractivity contribution < 1.29 is 28.2 Å². The zero-order valence-corrected chi connectivity index (χ0v) is 20.4. The minimum absolute atomic E-state index is 0.152. The maximum atomic E-state index is 14.2. The first-order valence-corrected chi connectivity index (χ1v) is 11.6. The van der Waals surface area contributed by atoms with E-state index in [1.54, 1.807) is 24.3 Å². The van der Waals surface area contributed by atoms with Crippen molar-refractivity contribution in [1.29, 1.82) is 5.41 Å². The lowest BCUT2D eigenvalue weighted by molar-refractivity contribution is -0.116. The Balaban J connectivity index is 1.57. The molecule has 3 aromatic rings. The molecule has 12 heteroatoms. The predicted octanol–water partition coefficient (Wildman–Crippen LogP) is 3.43. The van der Waals surface area contributed by atoms with Gasteiger partial charge in [-0.3, -0.25) is 10.2 Å². The third-order valence-corrected chi connectivity index (χ3v) is 6.03. The van der Waals surface area contributed by atoms with Crippen LogP contribution in [0.15, 0.2) is 48.7 Å². The summed E-state index contributed by atoms with van der Waals surface area (Å²) in [6.45, 7) is 2.75. The molecule has 2 aromatic carbocycles. The van der Waals surface area contributed by atoms with Crippen LogP contribution in [-0.2, 0) is 9.53 Å². The molecule has 0 saturated carbocycles. The number of methoxy groups -OCH3 is 1. The van der Waals surface area contributed by atoms with Crippen molar-refractivity contribution in [3.8, 4) is 5.75 Å². The van der Waals surface area contributed by atoms with Crippen molar-refractivity contribution in [2.75, 3.05) is 30.4 Å². The summed E-state index contributed by atoms with van der Waals surface area (Å²) in [4.78, 5) is 42.6. The van der Waals surface area contributed by atoms with E-state index in [9.17, 15) is 18.8 Å². The van der Waals surface area contributed by atoms with Gasteiger partial charge >= 0.3 is 11.9 Å². The van der Waals surface area contributed by atoms with Gasteiger partial charge in [-0.25, -0.2) is 19.0 Å². The van der Waals surface area contributed by atoms with Crippen molar-refractivity contribution in [3.63, 3.8) is 0 Å². The molecule has 3 rings (SSSR count). The van der Waals surface area contributed by atoms with E-state index in [1.807, 2.05) is 11.8 Å². The maximum Gasteiger partial charge on any atom is 0.355 e. The Morgan fingerprint density at radius 2 is 1.83 bits per heavy atom. The lowest BCUT2D eigenvalue weighted by Crippen LogP contribution is -2.27. The average molecular weight is 514 g/mol. The fourth-order valence-electron chi connectivity index (χ4n) is 3.06. The number of ether oxygens (including phenoxy) is 2. The van der Waals surface area contributed by atoms with E-state index in [2.05, 4.69) is 15.0 Å². The highest BCUT2D eigenvalue weighted by Gasteiger charge is 2.19. The third kappa shape index (κ3) is 6.63. The number of nitrogens with zero attached hydrogens (tertiary/aromatic N) is 2. The van der Waals surface area contributed by atoms with Crippen molar-refractivity contribution in [3.05, 3.63) is 70.5 Å². The fourth-order valence-corrected chi connectivity index (χ4v) is 3.95. The minimum Gasteiger partial charge on any atom is -0.465 e. The van der Waals surface area contributed by atoms with E-state index in [1.165, 1.54) is 25.4 Å². The molecule has 0 aliphatic rings. The monoisotopic (exact) mass is 513 g/mol. The van der Waals surface area contributed by atoms with Crippen LogP contribution in [0.25, 0.3) is 0 Å². The fraction of sp³-hybridized carbons (Fsp3) is 0.208. The number of aromatic nitrogens is 1. The number of hydrogen-bond acceptors (Lipinski definition) is 9. The van der Waals surface area contributed by atoms with E-state index >= 15 is 0 Å². The number of nitrogens with one attached hydrogen (secondary N) is 2. The van der Waals surface area contributed by atoms with Crippen LogP contribution in [0.4, 0.5) is 15.2 Å². The second-order valence-electron chi connectivity index (χ2n) is 7.40. The van der Waals surface area contributed by atoms with Crippen LogP contribution < -0.4 is 20.7 Å². The summed E-state index contributed by atoms with van der Waals surface area (Å²) in [6.07, 6.45) is 1.48. The number of amides is 1. The molecule has 4 N–H and O–H groups in total. The summed E-state index contributed by atoms with van der Waals surface area (Å²) in [5, 5.41) is 10.6. The average Bonchev–Trinajstić information content (AvgIpc) is 3.36. The molecule has 0 fully saturated rings. The van der Waals surface area contributed by atoms with Gasteiger partial charge < -0.3 is 25.4 Å². The van der Waals surface area contributed by atoms with E-state index in [-0.39, 0.29) is 34.4 Å². The topological polar surface area (TPSA) is 148 Å². The zero-order valence-electron chi connectivity index (χ0n) is 19.5. The molecule has 1 amide bonds. The smallest absolute Gasteiger partial charge is 0.355 e. The Labute approximate surface area is 210 Å². The number of nitrogens with two attached hydrogens (primary N) is 1. The van der Waals surface area contributed by atoms with Gasteiger partial charge in [0.05, 0.1) is 18.9 Å². The van der Waals surface area contributed by atoms with Crippen LogP contribution in [-0.4, -0.2) is 48.9 Å². The minimum atomic E-state index is -0.818. The number of thiazole rings is 1. The summed E-state index contributed by atoms with van der Waals surface area (Å²) in [5.41, 5.74) is 6.42. The van der Waals surface area contributed by atoms with E-state index in [0.29, 0.717) is 29.5 Å². The number of esters is 2. The molecule has 10 nitrogen and oxygen atoms in total. The van der Waals surface area contributed by atoms with Crippen molar-refractivity contribution >= 4 is 45.8 Å². The quantitative estimate of drug-likeness (QED) is 0.162. The Morgan fingerprint density at radius 3 is 2.44 bits per heavy atom. The van der Waals surface area contributed by atoms with E-state index in [4.69, 9.17) is 15.9 Å². The van der Waals surface area contributed by atoms with Gasteiger partial charge in [-0.05, 0) is 49.4 Å². The Kier molecular flexibility index (Phi) is 8.68. The number of anilines is 2. The Hall–Kier alpha value is -4.32. The summed E-state index contributed by atoms with van der Waals surface area (Å²) in [5.74, 6) is -2.89. The molecule has 1 aromatic heterocycles. The van der Waals surface area contributed by atoms with Crippen LogP contribution >= 0.6 is 11.3 Å². The van der Waals surface area contributed by atoms with Crippen LogP contribution in [0.1, 0.15) is 38.9 Å². The standard InChI is InChI=1S/C24H24FN5O5S/c1-3-30(11-10-20(31)29-16-7-4-14(5-8-16)22(32)34-2)24-28-13-19(36-24)23(33)35-18-9-6-15(21(26)27)12-17(18)25/h4-9,12-13H,3,10-11H2,1-2H3,(H3,26,27)(H,29,31). The second-order valence-corrected chi connectivity index (χ2v) is 8.41. The molecule has 0 unspecified atom stereocenters. The van der Waals surface area contributed by atoms with Crippen molar-refractivity contribution in [1.82, 2.24) is 4.98 Å². The van der Waals surface area contributed by atoms with Crippen molar-refractivity contribution in [2.45, 2.75) is 13.3 Å². The van der Waals surface area contributed by atoms with Gasteiger partial charge in [-0.1, -0.05) is 11.3 Å². The third-order valence-electron chi connectivity index (χ3n) is 4.99. The van der Waals surface area contributed by atoms with Gasteiger partial charge in [-0.2, -0.15) is 0 Å². The number of benzene rings is 2. The van der Waals surface area contributed by atoms with Gasteiger partial charge in [0.1, 0.15) is 10.7 Å². The predicted molar refractivity (Wildman–Crippen MR) is 133 cm³/mol. The normalized spacial score (nSPS) is 10.4. The maximum absolute atomic E-state index is 14.2. The van der Waals surface area contributed by atoms with Gasteiger partial charge in [0, 0.05) is 30.8 Å². The number of carbonyl (C=O) groups is 3. The highest BCUT2D eigenvalue weighted by atomic mass is 32.1. The lowest BCUT2D eigenvalue weighted by Gasteiger charge is -2.19. The highest BCUT2D eigenvalue weighted by molar-refractivity contribution is 7.17. The molecule has 0 spiro atoms. The van der Waals surface area contributed by atoms with Crippen LogP contribution in [0.5, 0.6) is 5.75 Å². The molecule has 36 heavy (non-hydrogen) atoms. The number of halogens is 1. The molecule has 0 atom stereocenters. The summed E-state index contributed by atoms with van der Waals surface area (Å²) in [6, 6.07) is 9.95.